The lowest BCUT2D eigenvalue weighted by Crippen LogP contribution is -2.15. The van der Waals surface area contributed by atoms with Crippen LogP contribution < -0.4 is 9.47 Å². The Morgan fingerprint density at radius 2 is 1.17 bits per heavy atom. The van der Waals surface area contributed by atoms with E-state index in [4.69, 9.17) is 23.7 Å². The molecule has 3 aromatic carbocycles. The van der Waals surface area contributed by atoms with Gasteiger partial charge >= 0.3 is 23.9 Å². The molecular weight excluding hydrogens is 608 g/mol. The van der Waals surface area contributed by atoms with Gasteiger partial charge in [0.1, 0.15) is 37.9 Å². The Labute approximate surface area is 272 Å². The molecule has 10 heteroatoms. The van der Waals surface area contributed by atoms with Crippen LogP contribution >= 0.6 is 11.8 Å². The van der Waals surface area contributed by atoms with Crippen LogP contribution in [-0.4, -0.2) is 56.6 Å². The lowest BCUT2D eigenvalue weighted by molar-refractivity contribution is -0.140. The highest BCUT2D eigenvalue weighted by molar-refractivity contribution is 7.98. The number of benzene rings is 3. The van der Waals surface area contributed by atoms with E-state index in [1.807, 2.05) is 36.6 Å². The maximum atomic E-state index is 12.8. The van der Waals surface area contributed by atoms with Crippen molar-refractivity contribution in [2.24, 2.45) is 0 Å². The molecule has 0 atom stereocenters. The molecule has 0 saturated heterocycles. The van der Waals surface area contributed by atoms with Crippen molar-refractivity contribution in [1.82, 2.24) is 0 Å². The summed E-state index contributed by atoms with van der Waals surface area (Å²) in [6.07, 6.45) is 1.96. The molecule has 240 valence electrons. The molecule has 0 aliphatic heterocycles. The minimum absolute atomic E-state index is 0.0249. The van der Waals surface area contributed by atoms with E-state index in [2.05, 4.69) is 19.7 Å². The van der Waals surface area contributed by atoms with Gasteiger partial charge in [-0.3, -0.25) is 0 Å². The maximum absolute atomic E-state index is 12.8. The normalized spacial score (nSPS) is 10.3. The monoisotopic (exact) mass is 644 g/mol. The van der Waals surface area contributed by atoms with Crippen LogP contribution in [0.2, 0.25) is 0 Å². The molecule has 0 unspecified atom stereocenters. The second-order valence-corrected chi connectivity index (χ2v) is 11.0. The van der Waals surface area contributed by atoms with Crippen molar-refractivity contribution in [2.75, 3.05) is 32.7 Å². The van der Waals surface area contributed by atoms with E-state index in [0.29, 0.717) is 22.6 Å². The first-order chi connectivity index (χ1) is 21.9. The average molecular weight is 645 g/mol. The molecule has 0 fully saturated rings. The van der Waals surface area contributed by atoms with E-state index in [9.17, 15) is 19.2 Å². The fraction of sp³-hybridized carbons (Fsp3) is 0.222. The highest BCUT2D eigenvalue weighted by Crippen LogP contribution is 2.38. The molecule has 0 heterocycles. The third-order valence-electron chi connectivity index (χ3n) is 6.27. The summed E-state index contributed by atoms with van der Waals surface area (Å²) in [5, 5.41) is 0. The Morgan fingerprint density at radius 3 is 1.76 bits per heavy atom. The summed E-state index contributed by atoms with van der Waals surface area (Å²) in [4.78, 5) is 49.0. The third kappa shape index (κ3) is 9.97. The van der Waals surface area contributed by atoms with Gasteiger partial charge in [0.2, 0.25) is 0 Å². The quantitative estimate of drug-likeness (QED) is 0.0428. The van der Waals surface area contributed by atoms with Gasteiger partial charge in [0.25, 0.3) is 0 Å². The number of thioether (sulfide) groups is 1. The number of hydrogen-bond donors (Lipinski definition) is 0. The van der Waals surface area contributed by atoms with Gasteiger partial charge in [0, 0.05) is 27.2 Å². The van der Waals surface area contributed by atoms with Crippen molar-refractivity contribution in [3.63, 3.8) is 0 Å². The smallest absolute Gasteiger partial charge is 0.338 e. The fourth-order valence-corrected chi connectivity index (χ4v) is 4.54. The minimum atomic E-state index is -0.631. The molecule has 0 amide bonds. The molecule has 0 bridgehead atoms. The topological polar surface area (TPSA) is 114 Å². The second kappa shape index (κ2) is 16.8. The summed E-state index contributed by atoms with van der Waals surface area (Å²) in [6, 6.07) is 18.0. The standard InChI is InChI=1S/C36H36O9S/c1-22(2)33(37)42-17-16-41-31-20-27(36(40)44-19-18-43-34(38)23(3)4)11-14-29(31)26-10-15-30(32(21-26)46-7)25-8-12-28(13-9-25)45-35(39)24(5)6/h8-15,20-21H,1,3,5,16-19H2,2,4,6-7H3. The lowest BCUT2D eigenvalue weighted by atomic mass is 9.98. The Hall–Kier alpha value is -5.09. The number of rotatable bonds is 15. The number of carbonyl (C=O) groups is 4. The summed E-state index contributed by atoms with van der Waals surface area (Å²) < 4.78 is 26.7. The molecule has 0 aliphatic carbocycles. The SMILES string of the molecule is C=C(C)C(=O)OCCOC(=O)c1ccc(-c2ccc(-c3ccc(OC(=O)C(=C)C)cc3)c(SC)c2)c(OCCOC(=O)C(=C)C)c1. The van der Waals surface area contributed by atoms with Crippen LogP contribution in [-0.2, 0) is 28.6 Å². The molecule has 0 aromatic heterocycles. The second-order valence-electron chi connectivity index (χ2n) is 10.1. The van der Waals surface area contributed by atoms with Gasteiger partial charge in [-0.15, -0.1) is 11.8 Å². The van der Waals surface area contributed by atoms with Crippen LogP contribution in [0, 0.1) is 0 Å². The van der Waals surface area contributed by atoms with Crippen molar-refractivity contribution in [2.45, 2.75) is 25.7 Å². The van der Waals surface area contributed by atoms with Crippen LogP contribution in [0.3, 0.4) is 0 Å². The van der Waals surface area contributed by atoms with Crippen molar-refractivity contribution >= 4 is 35.6 Å². The predicted molar refractivity (Wildman–Crippen MR) is 177 cm³/mol. The van der Waals surface area contributed by atoms with Gasteiger partial charge in [0.15, 0.2) is 0 Å². The van der Waals surface area contributed by atoms with Crippen LogP contribution in [0.25, 0.3) is 22.3 Å². The third-order valence-corrected chi connectivity index (χ3v) is 7.05. The largest absolute Gasteiger partial charge is 0.489 e. The number of carbonyl (C=O) groups excluding carboxylic acids is 4. The molecular formula is C36H36O9S. The summed E-state index contributed by atoms with van der Waals surface area (Å²) in [5.41, 5.74) is 4.46. The van der Waals surface area contributed by atoms with Gasteiger partial charge in [-0.25, -0.2) is 19.2 Å². The van der Waals surface area contributed by atoms with Crippen LogP contribution in [0.1, 0.15) is 31.1 Å². The fourth-order valence-electron chi connectivity index (χ4n) is 3.89. The van der Waals surface area contributed by atoms with Crippen LogP contribution in [0.5, 0.6) is 11.5 Å². The number of esters is 4. The van der Waals surface area contributed by atoms with Crippen molar-refractivity contribution < 1.29 is 42.9 Å². The van der Waals surface area contributed by atoms with Crippen molar-refractivity contribution in [3.05, 3.63) is 103 Å². The Bertz CT molecular complexity index is 1650. The average Bonchev–Trinajstić information content (AvgIpc) is 3.04. The van der Waals surface area contributed by atoms with Gasteiger partial charge in [-0.2, -0.15) is 0 Å². The minimum Gasteiger partial charge on any atom is -0.489 e. The van der Waals surface area contributed by atoms with E-state index >= 15 is 0 Å². The maximum Gasteiger partial charge on any atom is 0.338 e. The van der Waals surface area contributed by atoms with E-state index in [0.717, 1.165) is 21.6 Å². The highest BCUT2D eigenvalue weighted by Gasteiger charge is 2.16. The molecule has 3 aromatic rings. The van der Waals surface area contributed by atoms with Gasteiger partial charge in [0.05, 0.1) is 5.56 Å². The van der Waals surface area contributed by atoms with Crippen molar-refractivity contribution in [1.29, 1.82) is 0 Å². The van der Waals surface area contributed by atoms with Crippen LogP contribution in [0.15, 0.2) is 102 Å². The number of hydrogen-bond acceptors (Lipinski definition) is 10. The first-order valence-corrected chi connectivity index (χ1v) is 15.4. The predicted octanol–water partition coefficient (Wildman–Crippen LogP) is 7.00. The lowest BCUT2D eigenvalue weighted by Gasteiger charge is -2.16. The van der Waals surface area contributed by atoms with E-state index in [1.165, 1.54) is 6.92 Å². The zero-order chi connectivity index (χ0) is 33.8. The first kappa shape index (κ1) is 35.4. The molecule has 0 N–H and O–H groups in total. The Balaban J connectivity index is 1.86. The zero-order valence-corrected chi connectivity index (χ0v) is 27.1. The van der Waals surface area contributed by atoms with E-state index < -0.39 is 23.9 Å². The van der Waals surface area contributed by atoms with E-state index in [-0.39, 0.29) is 43.1 Å². The van der Waals surface area contributed by atoms with E-state index in [1.54, 1.807) is 55.9 Å². The van der Waals surface area contributed by atoms with Gasteiger partial charge < -0.3 is 23.7 Å². The van der Waals surface area contributed by atoms with Gasteiger partial charge in [-0.05, 0) is 80.1 Å². The number of ether oxygens (including phenoxy) is 5. The molecule has 0 radical (unpaired) electrons. The van der Waals surface area contributed by atoms with Gasteiger partial charge in [-0.1, -0.05) is 44.0 Å². The summed E-state index contributed by atoms with van der Waals surface area (Å²) >= 11 is 1.56. The highest BCUT2D eigenvalue weighted by atomic mass is 32.2. The van der Waals surface area contributed by atoms with Crippen LogP contribution in [0.4, 0.5) is 0 Å². The zero-order valence-electron chi connectivity index (χ0n) is 26.3. The molecule has 46 heavy (non-hydrogen) atoms. The summed E-state index contributed by atoms with van der Waals surface area (Å²) in [6.45, 7) is 15.1. The molecule has 9 nitrogen and oxygen atoms in total. The molecule has 3 rings (SSSR count). The molecule has 0 spiro atoms. The molecule has 0 saturated carbocycles. The van der Waals surface area contributed by atoms with Crippen molar-refractivity contribution in [3.8, 4) is 33.8 Å². The Morgan fingerprint density at radius 1 is 0.630 bits per heavy atom. The summed E-state index contributed by atoms with van der Waals surface area (Å²) in [5.74, 6) is -1.43. The first-order valence-electron chi connectivity index (χ1n) is 14.2. The summed E-state index contributed by atoms with van der Waals surface area (Å²) in [7, 11) is 0. The molecule has 0 aliphatic rings. The Kier molecular flexibility index (Phi) is 13.0.